The van der Waals surface area contributed by atoms with E-state index in [4.69, 9.17) is 30.0 Å². The Balaban J connectivity index is -0.0000000760. The summed E-state index contributed by atoms with van der Waals surface area (Å²) in [5, 5.41) is 49.0. The summed E-state index contributed by atoms with van der Waals surface area (Å²) in [6.07, 6.45) is 10.3. The number of amides is 2. The molecule has 7 unspecified atom stereocenters. The summed E-state index contributed by atoms with van der Waals surface area (Å²) < 4.78 is 9.64. The van der Waals surface area contributed by atoms with E-state index in [2.05, 4.69) is 131 Å². The number of carbonyl (C=O) groups excluding carboxylic acids is 7. The number of aliphatic hydroxyl groups excluding tert-OH is 3. The minimum absolute atomic E-state index is 0. The molecule has 87 heavy (non-hydrogen) atoms. The maximum absolute atomic E-state index is 12.0. The molecule has 488 valence electrons. The molecule has 0 aliphatic heterocycles. The molecule has 0 aliphatic rings. The predicted molar refractivity (Wildman–Crippen MR) is 334 cm³/mol. The molecule has 0 saturated carbocycles. The fourth-order valence-corrected chi connectivity index (χ4v) is 7.22. The van der Waals surface area contributed by atoms with Crippen LogP contribution < -0.4 is 91.0 Å². The van der Waals surface area contributed by atoms with Gasteiger partial charge in [0.1, 0.15) is 17.9 Å². The van der Waals surface area contributed by atoms with Gasteiger partial charge in [0.25, 0.3) is 5.91 Å². The van der Waals surface area contributed by atoms with Crippen LogP contribution in [0.3, 0.4) is 0 Å². The molecular formula is C66H120Li4N2O15. The van der Waals surface area contributed by atoms with Gasteiger partial charge in [-0.3, -0.25) is 50.4 Å². The van der Waals surface area contributed by atoms with Gasteiger partial charge < -0.3 is 57.3 Å². The van der Waals surface area contributed by atoms with Crippen LogP contribution in [0.25, 0.3) is 0 Å². The van der Waals surface area contributed by atoms with Crippen LogP contribution in [0.5, 0.6) is 0 Å². The molecule has 0 aromatic carbocycles. The van der Waals surface area contributed by atoms with Crippen LogP contribution in [0.4, 0.5) is 4.79 Å². The van der Waals surface area contributed by atoms with Gasteiger partial charge in [0.05, 0.1) is 39.1 Å². The van der Waals surface area contributed by atoms with E-state index in [1.165, 1.54) is 27.3 Å². The van der Waals surface area contributed by atoms with Gasteiger partial charge >= 0.3 is 87.5 Å². The van der Waals surface area contributed by atoms with E-state index in [0.717, 1.165) is 43.5 Å². The first-order valence-corrected chi connectivity index (χ1v) is 28.7. The summed E-state index contributed by atoms with van der Waals surface area (Å²) in [4.78, 5) is 83.3. The zero-order chi connectivity index (χ0) is 67.5. The van der Waals surface area contributed by atoms with Crippen LogP contribution in [0, 0.1) is 77.2 Å². The Kier molecular flexibility index (Phi) is 89.4. The van der Waals surface area contributed by atoms with Crippen molar-refractivity contribution in [2.75, 3.05) is 47.7 Å². The van der Waals surface area contributed by atoms with E-state index >= 15 is 0 Å². The molecule has 21 heteroatoms. The van der Waals surface area contributed by atoms with E-state index < -0.39 is 29.8 Å². The van der Waals surface area contributed by atoms with Crippen molar-refractivity contribution in [2.24, 2.45) is 65.1 Å². The molecule has 0 heterocycles. The van der Waals surface area contributed by atoms with Crippen LogP contribution in [-0.4, -0.2) is 127 Å². The number of nitrogens with one attached hydrogen (secondary N) is 1. The second kappa shape index (κ2) is 69.4. The van der Waals surface area contributed by atoms with Crippen molar-refractivity contribution in [3.05, 3.63) is 74.4 Å². The van der Waals surface area contributed by atoms with Gasteiger partial charge in [-0.2, -0.15) is 0 Å². The molecule has 0 bridgehead atoms. The number of esters is 1. The maximum Gasteiger partial charge on any atom is 1.00 e. The topological polar surface area (TPSA) is 269 Å². The normalized spacial score (nSPS) is 12.3. The van der Waals surface area contributed by atoms with Gasteiger partial charge in [0.15, 0.2) is 17.3 Å². The second-order valence-corrected chi connectivity index (χ2v) is 23.9. The number of nitrogens with zero attached hydrogens (tertiary/aromatic N) is 1. The van der Waals surface area contributed by atoms with Crippen LogP contribution >= 0.6 is 0 Å². The zero-order valence-corrected chi connectivity index (χ0v) is 60.2. The van der Waals surface area contributed by atoms with Gasteiger partial charge in [0.2, 0.25) is 0 Å². The first-order chi connectivity index (χ1) is 38.0. The fourth-order valence-electron chi connectivity index (χ4n) is 7.22. The summed E-state index contributed by atoms with van der Waals surface area (Å²) in [5.41, 5.74) is 0.190. The Morgan fingerprint density at radius 2 is 0.920 bits per heavy atom. The van der Waals surface area contributed by atoms with Gasteiger partial charge in [-0.25, -0.2) is 14.7 Å². The van der Waals surface area contributed by atoms with Gasteiger partial charge in [0, 0.05) is 41.9 Å². The largest absolute Gasteiger partial charge is 1.00 e. The molecule has 0 rings (SSSR count). The first kappa shape index (κ1) is 112. The van der Waals surface area contributed by atoms with Crippen LogP contribution in [0.15, 0.2) is 62.3 Å². The summed E-state index contributed by atoms with van der Waals surface area (Å²) in [5.74, 6) is 2.73. The predicted octanol–water partition coefficient (Wildman–Crippen LogP) is -1.74. The van der Waals surface area contributed by atoms with E-state index in [-0.39, 0.29) is 166 Å². The number of aldehydes is 1. The molecule has 4 N–H and O–H groups in total. The molecule has 2 amide bonds. The Morgan fingerprint density at radius 3 is 1.15 bits per heavy atom. The number of aliphatic hydroxyl groups is 3. The zero-order valence-electron chi connectivity index (χ0n) is 60.2. The Morgan fingerprint density at radius 1 is 0.598 bits per heavy atom. The number of allylic oxidation sites excluding steroid dienone is 1. The Hall–Kier alpha value is -2.52. The minimum Gasteiger partial charge on any atom is -0.877 e. The number of ether oxygens (including phenoxy) is 2. The minimum atomic E-state index is -0.801. The molecule has 7 atom stereocenters. The third-order valence-electron chi connectivity index (χ3n) is 10.9. The van der Waals surface area contributed by atoms with Crippen molar-refractivity contribution in [1.29, 1.82) is 0 Å². The van der Waals surface area contributed by atoms with Crippen LogP contribution in [-0.2, 0) is 43.1 Å². The van der Waals surface area contributed by atoms with Crippen molar-refractivity contribution in [2.45, 2.75) is 195 Å². The van der Waals surface area contributed by atoms with E-state index in [9.17, 15) is 38.7 Å². The molecule has 17 nitrogen and oxygen atoms in total. The Labute approximate surface area is 578 Å². The second-order valence-electron chi connectivity index (χ2n) is 23.9. The van der Waals surface area contributed by atoms with Crippen LogP contribution in [0.2, 0.25) is 0 Å². The number of rotatable bonds is 29. The number of hydroxylamine groups is 2. The fraction of sp³-hybridized carbons (Fsp3) is 0.712. The summed E-state index contributed by atoms with van der Waals surface area (Å²) >= 11 is 0. The Bertz CT molecular complexity index is 1770. The standard InChI is InChI=1S/C13H26N2O4.C11H20O3.2C10H18O2.C9H16O.C7H14O.2C3H4O.4Li/c1-9(2)8-10(11(16)15(6)18-7)14-12(17)19-13(3,4)5;1-7(2)6-8(3)10(12)9(4)11(13)14-5;2*1-7(2)5-8(3)10(12)9(4)6-11;1-5-9(10)8(4)6-7(2)3;1-6(2)4-7(3)5-8;2*1-2-3-4;;;;/h9-10H,8H2,1-7H3,(H,14,17);7-8,10,12H,4,6H2,1-3,5H3;2*7-8,11H,4-6H2,1-3H3;5,7-8H,1,6H2,2-4H3;5-7H,4H2,1-3H3;2*1,3H2;;;;/q;;;;;;2*-2;4*+1. The van der Waals surface area contributed by atoms with Crippen molar-refractivity contribution in [3.63, 3.8) is 0 Å². The summed E-state index contributed by atoms with van der Waals surface area (Å²) in [6, 6.07) is -0.653. The monoisotopic (exact) mass is 1210 g/mol. The molecule has 0 aliphatic carbocycles. The van der Waals surface area contributed by atoms with Crippen LogP contribution in [0.1, 0.15) is 177 Å². The number of methoxy groups -OCH3 is 1. The van der Waals surface area contributed by atoms with Crippen molar-refractivity contribution >= 4 is 41.6 Å². The SMILES string of the molecule is C=C(C(=O)OC)C(O)C(C)CC(C)C.C=C(CO)C(=O)C(C)CC(C)C.C=C(CO)C(=O)C(C)CC(C)C.C=CC(=O)C(C)CC(C)C.C=[C-]C[O-].C=[C-]C[O-].CC(C)CC(C)C=O.CON(C)C(=O)C(CC(C)C)NC(=O)OC(C)(C)C.[Li+].[Li+].[Li+].[Li+]. The van der Waals surface area contributed by atoms with Gasteiger partial charge in [-0.1, -0.05) is 144 Å². The van der Waals surface area contributed by atoms with E-state index in [1.807, 2.05) is 48.5 Å². The summed E-state index contributed by atoms with van der Waals surface area (Å²) in [7, 11) is 4.19. The summed E-state index contributed by atoms with van der Waals surface area (Å²) in [6.45, 7) is 58.8. The quantitative estimate of drug-likeness (QED) is 0.0162. The molecule has 0 aromatic rings. The van der Waals surface area contributed by atoms with E-state index in [1.54, 1.807) is 20.8 Å². The molecule has 0 spiro atoms. The number of carbonyl (C=O) groups is 7. The number of hydrogen-bond acceptors (Lipinski definition) is 15. The number of likely N-dealkylation sites (N-methyl/N-ethyl adjacent to an activating group) is 1. The number of Topliss-reactive ketones (excluding diaryl/α,β-unsaturated/α-hetero) is 2. The molecule has 0 radical (unpaired) electrons. The third-order valence-corrected chi connectivity index (χ3v) is 10.9. The third kappa shape index (κ3) is 77.7. The number of ketones is 3. The number of hydrogen-bond donors (Lipinski definition) is 4. The van der Waals surface area contributed by atoms with E-state index in [0.29, 0.717) is 47.2 Å². The maximum atomic E-state index is 12.0. The molecule has 0 fully saturated rings. The smallest absolute Gasteiger partial charge is 0.877 e. The van der Waals surface area contributed by atoms with Gasteiger partial charge in [-0.05, 0) is 107 Å². The molecule has 0 saturated heterocycles. The molecule has 0 aromatic heterocycles. The molecular weight excluding hydrogens is 1090 g/mol. The number of alkyl carbamates (subject to hydrolysis) is 1. The van der Waals surface area contributed by atoms with Crippen molar-refractivity contribution in [1.82, 2.24) is 10.4 Å². The average molecular weight is 1210 g/mol. The first-order valence-electron chi connectivity index (χ1n) is 28.7. The van der Waals surface area contributed by atoms with Crippen molar-refractivity contribution in [3.8, 4) is 0 Å². The van der Waals surface area contributed by atoms with Crippen molar-refractivity contribution < 1.29 is 149 Å². The average Bonchev–Trinajstić information content (AvgIpc) is 3.39. The van der Waals surface area contributed by atoms with Gasteiger partial charge in [-0.15, -0.1) is 0 Å².